The number of fused-ring (bicyclic) bond motifs is 1. The molecule has 6 nitrogen and oxygen atoms in total. The fourth-order valence-electron chi connectivity index (χ4n) is 2.10. The molecule has 0 fully saturated rings. The highest BCUT2D eigenvalue weighted by Gasteiger charge is 2.15. The van der Waals surface area contributed by atoms with Crippen LogP contribution in [-0.2, 0) is 0 Å². The zero-order chi connectivity index (χ0) is 15.5. The molecular formula is C15H15N3O3S. The molecule has 0 aliphatic heterocycles. The van der Waals surface area contributed by atoms with Crippen molar-refractivity contribution in [3.63, 3.8) is 0 Å². The number of hydrogen-bond donors (Lipinski definition) is 2. The van der Waals surface area contributed by atoms with Gasteiger partial charge in [-0.2, -0.15) is 0 Å². The van der Waals surface area contributed by atoms with E-state index in [-0.39, 0.29) is 0 Å². The molecule has 0 atom stereocenters. The highest BCUT2D eigenvalue weighted by molar-refractivity contribution is 8.00. The fraction of sp³-hybridized carbons (Fsp3) is 0.133. The second-order valence-corrected chi connectivity index (χ2v) is 5.26. The number of anilines is 2. The second-order valence-electron chi connectivity index (χ2n) is 4.45. The Hall–Kier alpha value is -2.54. The van der Waals surface area contributed by atoms with Gasteiger partial charge in [0.15, 0.2) is 11.4 Å². The summed E-state index contributed by atoms with van der Waals surface area (Å²) in [7, 11) is 3.23. The Kier molecular flexibility index (Phi) is 3.97. The summed E-state index contributed by atoms with van der Waals surface area (Å²) in [5, 5.41) is 4.77. The molecule has 22 heavy (non-hydrogen) atoms. The van der Waals surface area contributed by atoms with Gasteiger partial charge in [-0.05, 0) is 36.2 Å². The molecule has 0 radical (unpaired) electrons. The summed E-state index contributed by atoms with van der Waals surface area (Å²) in [5.41, 5.74) is 7.22. The number of nitrogen functional groups attached to an aromatic ring is 1. The van der Waals surface area contributed by atoms with Gasteiger partial charge in [0.2, 0.25) is 0 Å². The molecule has 0 aliphatic rings. The molecule has 0 spiro atoms. The van der Waals surface area contributed by atoms with Crippen molar-refractivity contribution in [3.05, 3.63) is 36.4 Å². The molecule has 0 aliphatic carbocycles. The SMILES string of the molecule is COc1cccc(OC)c1SNc1noc2cccc(N)c12. The van der Waals surface area contributed by atoms with E-state index in [0.29, 0.717) is 28.6 Å². The third-order valence-electron chi connectivity index (χ3n) is 3.16. The van der Waals surface area contributed by atoms with E-state index in [4.69, 9.17) is 19.7 Å². The number of rotatable bonds is 5. The molecular weight excluding hydrogens is 302 g/mol. The minimum atomic E-state index is 0.561. The topological polar surface area (TPSA) is 82.5 Å². The van der Waals surface area contributed by atoms with Gasteiger partial charge in [-0.1, -0.05) is 17.3 Å². The Morgan fingerprint density at radius 2 is 1.77 bits per heavy atom. The number of methoxy groups -OCH3 is 2. The number of hydrogen-bond acceptors (Lipinski definition) is 7. The van der Waals surface area contributed by atoms with E-state index in [1.165, 1.54) is 11.9 Å². The minimum Gasteiger partial charge on any atom is -0.495 e. The summed E-state index contributed by atoms with van der Waals surface area (Å²) in [6, 6.07) is 11.0. The van der Waals surface area contributed by atoms with E-state index in [2.05, 4.69) is 9.88 Å². The lowest BCUT2D eigenvalue weighted by atomic mass is 10.2. The van der Waals surface area contributed by atoms with Crippen LogP contribution in [0, 0.1) is 0 Å². The normalized spacial score (nSPS) is 10.6. The van der Waals surface area contributed by atoms with Crippen molar-refractivity contribution in [2.45, 2.75) is 4.90 Å². The van der Waals surface area contributed by atoms with Gasteiger partial charge in [-0.15, -0.1) is 0 Å². The average molecular weight is 317 g/mol. The van der Waals surface area contributed by atoms with E-state index >= 15 is 0 Å². The van der Waals surface area contributed by atoms with Crippen LogP contribution in [0.25, 0.3) is 11.0 Å². The molecule has 114 valence electrons. The van der Waals surface area contributed by atoms with E-state index in [9.17, 15) is 0 Å². The van der Waals surface area contributed by atoms with Crippen LogP contribution in [0.4, 0.5) is 11.5 Å². The molecule has 0 amide bonds. The molecule has 1 heterocycles. The average Bonchev–Trinajstić information content (AvgIpc) is 2.97. The van der Waals surface area contributed by atoms with Gasteiger partial charge < -0.3 is 24.5 Å². The quantitative estimate of drug-likeness (QED) is 0.550. The Labute approximate surface area is 131 Å². The molecule has 2 aromatic carbocycles. The minimum absolute atomic E-state index is 0.561. The number of nitrogens with one attached hydrogen (secondary N) is 1. The van der Waals surface area contributed by atoms with Crippen LogP contribution in [0.2, 0.25) is 0 Å². The van der Waals surface area contributed by atoms with Crippen molar-refractivity contribution in [3.8, 4) is 11.5 Å². The Morgan fingerprint density at radius 1 is 1.09 bits per heavy atom. The number of aromatic nitrogens is 1. The first-order valence-corrected chi connectivity index (χ1v) is 7.34. The lowest BCUT2D eigenvalue weighted by molar-refractivity contribution is 0.376. The van der Waals surface area contributed by atoms with Crippen LogP contribution in [-0.4, -0.2) is 19.4 Å². The van der Waals surface area contributed by atoms with Crippen molar-refractivity contribution < 1.29 is 14.0 Å². The lowest BCUT2D eigenvalue weighted by Crippen LogP contribution is -1.95. The molecule has 0 bridgehead atoms. The maximum atomic E-state index is 5.98. The van der Waals surface area contributed by atoms with Crippen molar-refractivity contribution in [1.29, 1.82) is 0 Å². The Balaban J connectivity index is 1.92. The molecule has 7 heteroatoms. The summed E-state index contributed by atoms with van der Waals surface area (Å²) < 4.78 is 19.1. The predicted octanol–water partition coefficient (Wildman–Crippen LogP) is 3.55. The summed E-state index contributed by atoms with van der Waals surface area (Å²) >= 11 is 1.33. The van der Waals surface area contributed by atoms with Gasteiger partial charge in [0, 0.05) is 5.69 Å². The maximum absolute atomic E-state index is 5.98. The van der Waals surface area contributed by atoms with Crippen LogP contribution < -0.4 is 19.9 Å². The molecule has 1 aromatic heterocycles. The molecule has 0 saturated carbocycles. The first kappa shape index (κ1) is 14.4. The summed E-state index contributed by atoms with van der Waals surface area (Å²) in [5.74, 6) is 1.97. The number of nitrogens with two attached hydrogens (primary N) is 1. The standard InChI is InChI=1S/C15H15N3O3S/c1-19-11-7-4-8-12(20-2)14(11)22-18-15-13-9(16)5-3-6-10(13)21-17-15/h3-8H,16H2,1-2H3,(H,17,18). The first-order valence-electron chi connectivity index (χ1n) is 6.52. The summed E-state index contributed by atoms with van der Waals surface area (Å²) in [6.07, 6.45) is 0. The van der Waals surface area contributed by atoms with Crippen LogP contribution in [0.3, 0.4) is 0 Å². The van der Waals surface area contributed by atoms with Crippen molar-refractivity contribution >= 4 is 34.4 Å². The Bertz CT molecular complexity index is 782. The van der Waals surface area contributed by atoms with E-state index in [1.54, 1.807) is 20.3 Å². The van der Waals surface area contributed by atoms with Crippen molar-refractivity contribution in [2.75, 3.05) is 24.7 Å². The van der Waals surface area contributed by atoms with Gasteiger partial charge in [0.1, 0.15) is 16.4 Å². The smallest absolute Gasteiger partial charge is 0.189 e. The molecule has 0 unspecified atom stereocenters. The Morgan fingerprint density at radius 3 is 2.45 bits per heavy atom. The predicted molar refractivity (Wildman–Crippen MR) is 87.4 cm³/mol. The maximum Gasteiger partial charge on any atom is 0.189 e. The number of benzene rings is 2. The van der Waals surface area contributed by atoms with Gasteiger partial charge >= 0.3 is 0 Å². The van der Waals surface area contributed by atoms with Crippen molar-refractivity contribution in [2.24, 2.45) is 0 Å². The van der Waals surface area contributed by atoms with Crippen LogP contribution in [0.15, 0.2) is 45.8 Å². The zero-order valence-corrected chi connectivity index (χ0v) is 12.9. The van der Waals surface area contributed by atoms with Crippen LogP contribution in [0.1, 0.15) is 0 Å². The third kappa shape index (κ3) is 2.50. The van der Waals surface area contributed by atoms with Crippen LogP contribution in [0.5, 0.6) is 11.5 Å². The first-order chi connectivity index (χ1) is 10.7. The largest absolute Gasteiger partial charge is 0.495 e. The van der Waals surface area contributed by atoms with Crippen molar-refractivity contribution in [1.82, 2.24) is 5.16 Å². The summed E-state index contributed by atoms with van der Waals surface area (Å²) in [6.45, 7) is 0. The second kappa shape index (κ2) is 6.07. The van der Waals surface area contributed by atoms with E-state index in [1.807, 2.05) is 30.3 Å². The van der Waals surface area contributed by atoms with Crippen LogP contribution >= 0.6 is 11.9 Å². The zero-order valence-electron chi connectivity index (χ0n) is 12.1. The van der Waals surface area contributed by atoms with Gasteiger partial charge in [-0.3, -0.25) is 0 Å². The molecule has 3 rings (SSSR count). The third-order valence-corrected chi connectivity index (χ3v) is 4.06. The van der Waals surface area contributed by atoms with Gasteiger partial charge in [0.05, 0.1) is 19.6 Å². The molecule has 3 aromatic rings. The fourth-order valence-corrected chi connectivity index (χ4v) is 2.95. The summed E-state index contributed by atoms with van der Waals surface area (Å²) in [4.78, 5) is 0.818. The van der Waals surface area contributed by atoms with Gasteiger partial charge in [0.25, 0.3) is 0 Å². The molecule has 0 saturated heterocycles. The molecule has 3 N–H and O–H groups in total. The monoisotopic (exact) mass is 317 g/mol. The number of nitrogens with zero attached hydrogens (tertiary/aromatic N) is 1. The lowest BCUT2D eigenvalue weighted by Gasteiger charge is -2.12. The van der Waals surface area contributed by atoms with E-state index in [0.717, 1.165) is 10.3 Å². The van der Waals surface area contributed by atoms with Gasteiger partial charge in [-0.25, -0.2) is 0 Å². The highest BCUT2D eigenvalue weighted by atomic mass is 32.2. The van der Waals surface area contributed by atoms with E-state index < -0.39 is 0 Å². The highest BCUT2D eigenvalue weighted by Crippen LogP contribution is 2.39. The number of ether oxygens (including phenoxy) is 2.